The second-order valence-corrected chi connectivity index (χ2v) is 11.4. The molecule has 220 valence electrons. The molecule has 0 saturated carbocycles. The van der Waals surface area contributed by atoms with E-state index in [1.165, 1.54) is 0 Å². The van der Waals surface area contributed by atoms with Gasteiger partial charge >= 0.3 is 5.97 Å². The van der Waals surface area contributed by atoms with Crippen LogP contribution in [0.1, 0.15) is 38.2 Å². The number of fused-ring (bicyclic) bond motifs is 6. The molecule has 0 aliphatic carbocycles. The maximum atomic E-state index is 13.3. The highest BCUT2D eigenvalue weighted by molar-refractivity contribution is 9.10. The van der Waals surface area contributed by atoms with Gasteiger partial charge in [0.25, 0.3) is 0 Å². The molecule has 2 heterocycles. The number of benzene rings is 5. The summed E-state index contributed by atoms with van der Waals surface area (Å²) >= 11 is 3.59. The Bertz CT molecular complexity index is 1760. The lowest BCUT2D eigenvalue weighted by Gasteiger charge is -2.36. The first kappa shape index (κ1) is 27.9. The van der Waals surface area contributed by atoms with Crippen molar-refractivity contribution < 1.29 is 33.2 Å². The summed E-state index contributed by atoms with van der Waals surface area (Å²) in [6.45, 7) is 0.719. The Morgan fingerprint density at radius 1 is 0.614 bits per heavy atom. The molecule has 5 aromatic rings. The van der Waals surface area contributed by atoms with Crippen LogP contribution in [-0.4, -0.2) is 20.2 Å². The second-order valence-electron chi connectivity index (χ2n) is 10.5. The molecular weight excluding hydrogens is 624 g/mol. The summed E-state index contributed by atoms with van der Waals surface area (Å²) < 4.78 is 36.4. The molecule has 7 nitrogen and oxygen atoms in total. The van der Waals surface area contributed by atoms with E-state index in [1.54, 1.807) is 20.3 Å². The van der Waals surface area contributed by atoms with E-state index in [-0.39, 0.29) is 0 Å². The molecule has 2 aliphatic rings. The molecule has 0 aromatic heterocycles. The van der Waals surface area contributed by atoms with Crippen molar-refractivity contribution in [2.45, 2.75) is 18.8 Å². The van der Waals surface area contributed by atoms with E-state index in [4.69, 9.17) is 28.4 Å². The Balaban J connectivity index is 1.25. The van der Waals surface area contributed by atoms with Crippen LogP contribution in [0.25, 0.3) is 0 Å². The van der Waals surface area contributed by atoms with Crippen molar-refractivity contribution in [3.63, 3.8) is 0 Å². The number of halogens is 1. The first-order valence-electron chi connectivity index (χ1n) is 14.0. The van der Waals surface area contributed by atoms with Crippen molar-refractivity contribution in [2.75, 3.05) is 14.2 Å². The van der Waals surface area contributed by atoms with Crippen LogP contribution in [-0.2, 0) is 23.6 Å². The Morgan fingerprint density at radius 2 is 1.11 bits per heavy atom. The molecule has 8 heteroatoms. The van der Waals surface area contributed by atoms with Gasteiger partial charge in [0.2, 0.25) is 0 Å². The van der Waals surface area contributed by atoms with E-state index in [0.717, 1.165) is 32.7 Å². The number of ether oxygens (including phenoxy) is 6. The molecule has 0 bridgehead atoms. The van der Waals surface area contributed by atoms with Crippen LogP contribution < -0.4 is 23.7 Å². The van der Waals surface area contributed by atoms with Gasteiger partial charge < -0.3 is 28.4 Å². The fourth-order valence-corrected chi connectivity index (χ4v) is 5.97. The third-order valence-electron chi connectivity index (χ3n) is 7.84. The van der Waals surface area contributed by atoms with Crippen molar-refractivity contribution >= 4 is 21.9 Å². The number of carbonyl (C=O) groups is 1. The average molecular weight is 652 g/mol. The fourth-order valence-electron chi connectivity index (χ4n) is 5.61. The van der Waals surface area contributed by atoms with Crippen LogP contribution in [0.4, 0.5) is 0 Å². The summed E-state index contributed by atoms with van der Waals surface area (Å²) in [4.78, 5) is 13.3. The molecule has 5 aromatic carbocycles. The van der Waals surface area contributed by atoms with E-state index >= 15 is 0 Å². The summed E-state index contributed by atoms with van der Waals surface area (Å²) in [6.07, 6.45) is 0. The van der Waals surface area contributed by atoms with Crippen LogP contribution >= 0.6 is 15.9 Å². The van der Waals surface area contributed by atoms with Gasteiger partial charge in [-0.3, -0.25) is 0 Å². The van der Waals surface area contributed by atoms with Gasteiger partial charge in [0, 0.05) is 33.3 Å². The summed E-state index contributed by atoms with van der Waals surface area (Å²) in [6, 6.07) is 32.2. The van der Waals surface area contributed by atoms with E-state index in [2.05, 4.69) is 15.9 Å². The van der Waals surface area contributed by atoms with Crippen LogP contribution in [0.5, 0.6) is 34.5 Å². The number of esters is 1. The smallest absolute Gasteiger partial charge is 0.340 e. The van der Waals surface area contributed by atoms with Crippen LogP contribution in [0, 0.1) is 0 Å². The number of carbonyl (C=O) groups excluding carboxylic acids is 1. The van der Waals surface area contributed by atoms with Gasteiger partial charge in [-0.1, -0.05) is 40.2 Å². The van der Waals surface area contributed by atoms with Gasteiger partial charge in [0.1, 0.15) is 47.7 Å². The number of hydrogen-bond acceptors (Lipinski definition) is 7. The van der Waals surface area contributed by atoms with Gasteiger partial charge in [-0.25, -0.2) is 4.79 Å². The lowest BCUT2D eigenvalue weighted by Crippen LogP contribution is -2.33. The van der Waals surface area contributed by atoms with E-state index in [0.29, 0.717) is 52.9 Å². The lowest BCUT2D eigenvalue weighted by molar-refractivity contribution is 0.0224. The van der Waals surface area contributed by atoms with Gasteiger partial charge in [-0.15, -0.1) is 0 Å². The molecule has 0 saturated heterocycles. The molecule has 0 radical (unpaired) electrons. The predicted molar refractivity (Wildman–Crippen MR) is 167 cm³/mol. The standard InChI is InChI=1S/C36H27BrO7/c1-39-25-8-3-22(4-9-25)20-41-27-12-15-30-33(18-27)43-34-19-28(42-21-23-5-10-26(40-2)11-6-23)13-16-31(34)36(30)32-17-24(37)7-14-29(32)35(38)44-36/h3-19H,20-21H2,1-2H3. The van der Waals surface area contributed by atoms with E-state index in [1.807, 2.05) is 97.1 Å². The molecular formula is C36H27BrO7. The third-order valence-corrected chi connectivity index (χ3v) is 8.33. The lowest BCUT2D eigenvalue weighted by atomic mass is 9.77. The van der Waals surface area contributed by atoms with E-state index < -0.39 is 11.6 Å². The molecule has 0 unspecified atom stereocenters. The van der Waals surface area contributed by atoms with Gasteiger partial charge in [0.05, 0.1) is 19.8 Å². The molecule has 1 spiro atoms. The van der Waals surface area contributed by atoms with Crippen molar-refractivity contribution in [3.05, 3.63) is 141 Å². The third kappa shape index (κ3) is 4.91. The zero-order valence-electron chi connectivity index (χ0n) is 24.0. The topological polar surface area (TPSA) is 72.5 Å². The predicted octanol–water partition coefficient (Wildman–Crippen LogP) is 8.19. The van der Waals surface area contributed by atoms with Crippen LogP contribution in [0.15, 0.2) is 108 Å². The summed E-state index contributed by atoms with van der Waals surface area (Å²) in [5, 5.41) is 0. The molecule has 0 N–H and O–H groups in total. The Labute approximate surface area is 263 Å². The number of methoxy groups -OCH3 is 2. The molecule has 44 heavy (non-hydrogen) atoms. The quantitative estimate of drug-likeness (QED) is 0.157. The molecule has 0 fully saturated rings. The Hall–Kier alpha value is -4.95. The first-order chi connectivity index (χ1) is 21.5. The summed E-state index contributed by atoms with van der Waals surface area (Å²) in [5.41, 5.74) is 3.44. The van der Waals surface area contributed by atoms with Gasteiger partial charge in [0.15, 0.2) is 5.60 Å². The van der Waals surface area contributed by atoms with Crippen molar-refractivity contribution in [3.8, 4) is 34.5 Å². The zero-order valence-corrected chi connectivity index (χ0v) is 25.6. The van der Waals surface area contributed by atoms with Gasteiger partial charge in [-0.2, -0.15) is 0 Å². The average Bonchev–Trinajstić information content (AvgIpc) is 3.34. The molecule has 2 aliphatic heterocycles. The normalized spacial score (nSPS) is 13.7. The summed E-state index contributed by atoms with van der Waals surface area (Å²) in [7, 11) is 3.27. The summed E-state index contributed by atoms with van der Waals surface area (Å²) in [5.74, 6) is 3.45. The SMILES string of the molecule is COc1ccc(COc2ccc3c(c2)Oc2cc(OCc4ccc(OC)cc4)ccc2C32OC(=O)c3ccc(Br)cc32)cc1. The molecule has 0 atom stereocenters. The van der Waals surface area contributed by atoms with E-state index in [9.17, 15) is 4.79 Å². The van der Waals surface area contributed by atoms with Crippen molar-refractivity contribution in [2.24, 2.45) is 0 Å². The first-order valence-corrected chi connectivity index (χ1v) is 14.8. The number of hydrogen-bond donors (Lipinski definition) is 0. The molecule has 7 rings (SSSR count). The zero-order chi connectivity index (χ0) is 30.3. The highest BCUT2D eigenvalue weighted by Crippen LogP contribution is 2.57. The van der Waals surface area contributed by atoms with Crippen molar-refractivity contribution in [1.29, 1.82) is 0 Å². The maximum absolute atomic E-state index is 13.3. The second kappa shape index (κ2) is 11.3. The fraction of sp³-hybridized carbons (Fsp3) is 0.139. The minimum atomic E-state index is -1.21. The van der Waals surface area contributed by atoms with Gasteiger partial charge in [-0.05, 0) is 77.9 Å². The van der Waals surface area contributed by atoms with Crippen LogP contribution in [0.2, 0.25) is 0 Å². The Kier molecular flexibility index (Phi) is 7.14. The monoisotopic (exact) mass is 650 g/mol. The highest BCUT2D eigenvalue weighted by Gasteiger charge is 2.53. The highest BCUT2D eigenvalue weighted by atomic mass is 79.9. The van der Waals surface area contributed by atoms with Crippen LogP contribution in [0.3, 0.4) is 0 Å². The Morgan fingerprint density at radius 3 is 1.61 bits per heavy atom. The largest absolute Gasteiger partial charge is 0.497 e. The minimum absolute atomic E-state index is 0.360. The maximum Gasteiger partial charge on any atom is 0.340 e. The minimum Gasteiger partial charge on any atom is -0.497 e. The van der Waals surface area contributed by atoms with Crippen molar-refractivity contribution in [1.82, 2.24) is 0 Å². The number of rotatable bonds is 8. The molecule has 0 amide bonds.